The van der Waals surface area contributed by atoms with Crippen molar-refractivity contribution in [1.82, 2.24) is 24.6 Å². The molecule has 28 heavy (non-hydrogen) atoms. The van der Waals surface area contributed by atoms with E-state index in [2.05, 4.69) is 30.0 Å². The van der Waals surface area contributed by atoms with Crippen molar-refractivity contribution in [3.05, 3.63) is 46.2 Å². The molecule has 2 aliphatic rings. The summed E-state index contributed by atoms with van der Waals surface area (Å²) in [5.41, 5.74) is 4.12. The molecule has 5 rings (SSSR count). The summed E-state index contributed by atoms with van der Waals surface area (Å²) in [6, 6.07) is 8.30. The molecule has 0 N–H and O–H groups in total. The topological polar surface area (TPSA) is 54.3 Å². The highest BCUT2D eigenvalue weighted by molar-refractivity contribution is 7.18. The number of aromatic nitrogens is 3. The first kappa shape index (κ1) is 17.8. The van der Waals surface area contributed by atoms with Crippen molar-refractivity contribution in [3.63, 3.8) is 0 Å². The van der Waals surface area contributed by atoms with Crippen LogP contribution in [-0.2, 0) is 26.1 Å². The number of nitrogens with zero attached hydrogens (tertiary/aromatic N) is 5. The van der Waals surface area contributed by atoms with Gasteiger partial charge >= 0.3 is 0 Å². The second-order valence-electron chi connectivity index (χ2n) is 7.62. The van der Waals surface area contributed by atoms with Gasteiger partial charge in [0.1, 0.15) is 5.01 Å². The zero-order valence-electron chi connectivity index (χ0n) is 16.2. The van der Waals surface area contributed by atoms with Gasteiger partial charge in [0.25, 0.3) is 5.91 Å². The number of benzene rings is 1. The largest absolute Gasteiger partial charge is 0.337 e. The summed E-state index contributed by atoms with van der Waals surface area (Å²) < 4.78 is 3.27. The van der Waals surface area contributed by atoms with Crippen LogP contribution in [0, 0.1) is 0 Å². The van der Waals surface area contributed by atoms with Crippen molar-refractivity contribution in [3.8, 4) is 0 Å². The molecule has 1 aromatic carbocycles. The molecule has 7 heteroatoms. The lowest BCUT2D eigenvalue weighted by molar-refractivity contribution is 0.0783. The van der Waals surface area contributed by atoms with Gasteiger partial charge in [-0.25, -0.2) is 4.98 Å². The highest BCUT2D eigenvalue weighted by Crippen LogP contribution is 2.28. The van der Waals surface area contributed by atoms with E-state index in [9.17, 15) is 4.79 Å². The highest BCUT2D eigenvalue weighted by atomic mass is 32.1. The Kier molecular flexibility index (Phi) is 4.64. The number of aryl methyl sites for hydroxylation is 1. The van der Waals surface area contributed by atoms with Crippen LogP contribution in [0.15, 0.2) is 24.3 Å². The summed E-state index contributed by atoms with van der Waals surface area (Å²) >= 11 is 1.76. The summed E-state index contributed by atoms with van der Waals surface area (Å²) in [6.07, 6.45) is 3.15. The third-order valence-electron chi connectivity index (χ3n) is 5.81. The summed E-state index contributed by atoms with van der Waals surface area (Å²) in [6.45, 7) is 7.22. The smallest absolute Gasteiger partial charge is 0.274 e. The normalized spacial score (nSPS) is 17.4. The van der Waals surface area contributed by atoms with Crippen molar-refractivity contribution < 1.29 is 4.79 Å². The van der Waals surface area contributed by atoms with Gasteiger partial charge in [0.15, 0.2) is 5.69 Å². The Hall–Kier alpha value is -2.25. The Bertz CT molecular complexity index is 984. The third-order valence-corrected chi connectivity index (χ3v) is 6.83. The Morgan fingerprint density at radius 3 is 2.79 bits per heavy atom. The van der Waals surface area contributed by atoms with Crippen LogP contribution in [0.5, 0.6) is 0 Å². The van der Waals surface area contributed by atoms with Crippen molar-refractivity contribution in [2.24, 2.45) is 0 Å². The Morgan fingerprint density at radius 1 is 1.18 bits per heavy atom. The first-order valence-electron chi connectivity index (χ1n) is 10.2. The van der Waals surface area contributed by atoms with Gasteiger partial charge in [0.05, 0.1) is 16.8 Å². The van der Waals surface area contributed by atoms with Crippen LogP contribution in [0.2, 0.25) is 0 Å². The van der Waals surface area contributed by atoms with E-state index < -0.39 is 0 Å². The Labute approximate surface area is 168 Å². The van der Waals surface area contributed by atoms with E-state index in [0.29, 0.717) is 5.69 Å². The van der Waals surface area contributed by atoms with E-state index in [1.165, 1.54) is 10.4 Å². The molecule has 0 unspecified atom stereocenters. The average Bonchev–Trinajstić information content (AvgIpc) is 3.45. The molecule has 0 spiro atoms. The van der Waals surface area contributed by atoms with Crippen LogP contribution in [0.25, 0.3) is 10.2 Å². The molecule has 2 aromatic heterocycles. The second-order valence-corrected chi connectivity index (χ2v) is 8.74. The van der Waals surface area contributed by atoms with Crippen LogP contribution in [0.1, 0.15) is 46.5 Å². The van der Waals surface area contributed by atoms with Gasteiger partial charge in [-0.2, -0.15) is 5.10 Å². The number of carbonyl (C=O) groups is 1. The van der Waals surface area contributed by atoms with E-state index in [1.807, 2.05) is 15.6 Å². The first-order valence-corrected chi connectivity index (χ1v) is 11.0. The van der Waals surface area contributed by atoms with Gasteiger partial charge in [0.2, 0.25) is 0 Å². The molecule has 0 bridgehead atoms. The van der Waals surface area contributed by atoms with Gasteiger partial charge < -0.3 is 4.90 Å². The van der Waals surface area contributed by atoms with E-state index in [1.54, 1.807) is 11.3 Å². The molecule has 1 fully saturated rings. The first-order chi connectivity index (χ1) is 13.7. The standard InChI is InChI=1S/C21H25N5OS/c1-2-26-17-9-12-24(14-19-22-16-7-3-4-8-18(16)28-19)13-15(17)20(23-26)21(27)25-10-5-6-11-25/h3-4,7-8H,2,5-6,9-14H2,1H3. The molecular formula is C21H25N5OS. The number of hydrogen-bond acceptors (Lipinski definition) is 5. The Morgan fingerprint density at radius 2 is 2.00 bits per heavy atom. The summed E-state index contributed by atoms with van der Waals surface area (Å²) in [7, 11) is 0. The molecule has 4 heterocycles. The molecule has 146 valence electrons. The van der Waals surface area contributed by atoms with Gasteiger partial charge in [0, 0.05) is 50.4 Å². The number of hydrogen-bond donors (Lipinski definition) is 0. The summed E-state index contributed by atoms with van der Waals surface area (Å²) in [5.74, 6) is 0.114. The van der Waals surface area contributed by atoms with Crippen LogP contribution in [0.4, 0.5) is 0 Å². The maximum absolute atomic E-state index is 13.1. The lowest BCUT2D eigenvalue weighted by Gasteiger charge is -2.27. The van der Waals surface area contributed by atoms with Crippen molar-refractivity contribution in [2.75, 3.05) is 19.6 Å². The monoisotopic (exact) mass is 395 g/mol. The molecule has 0 atom stereocenters. The molecule has 0 saturated carbocycles. The highest BCUT2D eigenvalue weighted by Gasteiger charge is 2.31. The predicted octanol–water partition coefficient (Wildman–Crippen LogP) is 3.31. The van der Waals surface area contributed by atoms with E-state index in [-0.39, 0.29) is 5.91 Å². The minimum Gasteiger partial charge on any atom is -0.337 e. The van der Waals surface area contributed by atoms with E-state index in [4.69, 9.17) is 10.1 Å². The summed E-state index contributed by atoms with van der Waals surface area (Å²) in [5, 5.41) is 5.86. The number of carbonyl (C=O) groups excluding carboxylic acids is 1. The quantitative estimate of drug-likeness (QED) is 0.680. The molecule has 6 nitrogen and oxygen atoms in total. The molecule has 1 saturated heterocycles. The molecule has 1 amide bonds. The fourth-order valence-corrected chi connectivity index (χ4v) is 5.37. The van der Waals surface area contributed by atoms with Gasteiger partial charge in [-0.15, -0.1) is 11.3 Å². The van der Waals surface area contributed by atoms with Crippen LogP contribution in [-0.4, -0.2) is 50.1 Å². The second kappa shape index (κ2) is 7.29. The minimum absolute atomic E-state index is 0.114. The maximum atomic E-state index is 13.1. The summed E-state index contributed by atoms with van der Waals surface area (Å²) in [4.78, 5) is 22.2. The fourth-order valence-electron chi connectivity index (χ4n) is 4.36. The van der Waals surface area contributed by atoms with Crippen LogP contribution >= 0.6 is 11.3 Å². The number of rotatable bonds is 4. The molecule has 2 aliphatic heterocycles. The Balaban J connectivity index is 1.40. The van der Waals surface area contributed by atoms with Gasteiger partial charge in [-0.05, 0) is 31.9 Å². The number of thiazole rings is 1. The predicted molar refractivity (Wildman–Crippen MR) is 110 cm³/mol. The molecule has 3 aromatic rings. The zero-order valence-corrected chi connectivity index (χ0v) is 17.0. The number of amides is 1. The number of fused-ring (bicyclic) bond motifs is 2. The zero-order chi connectivity index (χ0) is 19.1. The SMILES string of the molecule is CCn1nc(C(=O)N2CCCC2)c2c1CCN(Cc1nc3ccccc3s1)C2. The third kappa shape index (κ3) is 3.12. The van der Waals surface area contributed by atoms with Crippen molar-refractivity contribution in [1.29, 1.82) is 0 Å². The van der Waals surface area contributed by atoms with Crippen LogP contribution < -0.4 is 0 Å². The molecular weight excluding hydrogens is 370 g/mol. The maximum Gasteiger partial charge on any atom is 0.274 e. The van der Waals surface area contributed by atoms with E-state index in [0.717, 1.165) is 74.6 Å². The average molecular weight is 396 g/mol. The van der Waals surface area contributed by atoms with Crippen molar-refractivity contribution in [2.45, 2.75) is 45.8 Å². The molecule has 0 aliphatic carbocycles. The lowest BCUT2D eigenvalue weighted by Crippen LogP contribution is -2.33. The molecule has 0 radical (unpaired) electrons. The lowest BCUT2D eigenvalue weighted by atomic mass is 10.0. The van der Waals surface area contributed by atoms with Crippen molar-refractivity contribution >= 4 is 27.5 Å². The van der Waals surface area contributed by atoms with Crippen LogP contribution in [0.3, 0.4) is 0 Å². The minimum atomic E-state index is 0.114. The van der Waals surface area contributed by atoms with Gasteiger partial charge in [-0.1, -0.05) is 12.1 Å². The van der Waals surface area contributed by atoms with E-state index >= 15 is 0 Å². The number of para-hydroxylation sites is 1. The number of likely N-dealkylation sites (tertiary alicyclic amines) is 1. The van der Waals surface area contributed by atoms with Gasteiger partial charge in [-0.3, -0.25) is 14.4 Å². The fraction of sp³-hybridized carbons (Fsp3) is 0.476.